The summed E-state index contributed by atoms with van der Waals surface area (Å²) in [6, 6.07) is 15.9. The van der Waals surface area contributed by atoms with E-state index in [2.05, 4.69) is 25.7 Å². The van der Waals surface area contributed by atoms with Gasteiger partial charge in [-0.2, -0.15) is 0 Å². The number of piperidine rings is 1. The SMILES string of the molecule is CCOc1ccccc1CNC(=O)[C@@H]1CCCN(c2nc3ncccc3n3cccc23)C1. The van der Waals surface area contributed by atoms with E-state index in [0.29, 0.717) is 25.3 Å². The van der Waals surface area contributed by atoms with Gasteiger partial charge in [0.25, 0.3) is 0 Å². The van der Waals surface area contributed by atoms with Crippen LogP contribution in [0.25, 0.3) is 16.7 Å². The number of aromatic nitrogens is 3. The minimum Gasteiger partial charge on any atom is -0.494 e. The molecule has 0 bridgehead atoms. The maximum atomic E-state index is 13.0. The van der Waals surface area contributed by atoms with Gasteiger partial charge in [0.1, 0.15) is 5.75 Å². The van der Waals surface area contributed by atoms with Crippen molar-refractivity contribution in [2.24, 2.45) is 5.92 Å². The highest BCUT2D eigenvalue weighted by Gasteiger charge is 2.28. The summed E-state index contributed by atoms with van der Waals surface area (Å²) in [7, 11) is 0. The number of nitrogens with zero attached hydrogens (tertiary/aromatic N) is 4. The Bertz CT molecular complexity index is 1250. The number of pyridine rings is 1. The number of ether oxygens (including phenoxy) is 1. The third-order valence-electron chi connectivity index (χ3n) is 6.03. The van der Waals surface area contributed by atoms with Crippen LogP contribution in [0.4, 0.5) is 5.82 Å². The van der Waals surface area contributed by atoms with Crippen LogP contribution >= 0.6 is 0 Å². The van der Waals surface area contributed by atoms with E-state index < -0.39 is 0 Å². The third-order valence-corrected chi connectivity index (χ3v) is 6.03. The molecular weight excluding hydrogens is 402 g/mol. The van der Waals surface area contributed by atoms with E-state index in [1.165, 1.54) is 0 Å². The molecule has 1 fully saturated rings. The van der Waals surface area contributed by atoms with Gasteiger partial charge in [-0.25, -0.2) is 9.97 Å². The lowest BCUT2D eigenvalue weighted by Gasteiger charge is -2.33. The van der Waals surface area contributed by atoms with Gasteiger partial charge in [0.2, 0.25) is 5.91 Å². The van der Waals surface area contributed by atoms with Crippen molar-refractivity contribution in [3.63, 3.8) is 0 Å². The van der Waals surface area contributed by atoms with Crippen molar-refractivity contribution >= 4 is 28.4 Å². The summed E-state index contributed by atoms with van der Waals surface area (Å²) in [6.07, 6.45) is 5.62. The van der Waals surface area contributed by atoms with Crippen molar-refractivity contribution < 1.29 is 9.53 Å². The van der Waals surface area contributed by atoms with Crippen LogP contribution in [0.5, 0.6) is 5.75 Å². The van der Waals surface area contributed by atoms with Crippen LogP contribution in [-0.2, 0) is 11.3 Å². The number of amides is 1. The standard InChI is InChI=1S/C25H27N5O2/c1-2-32-22-12-4-3-8-18(22)16-27-25(31)19-9-6-14-29(17-19)24-21-11-7-15-30(21)20-10-5-13-26-23(20)28-24/h3-5,7-8,10-13,15,19H,2,6,9,14,16-17H2,1H3,(H,27,31)/t19-/m1/s1. The molecule has 4 heterocycles. The molecule has 5 rings (SSSR count). The Labute approximate surface area is 187 Å². The number of carbonyl (C=O) groups excluding carboxylic acids is 1. The maximum Gasteiger partial charge on any atom is 0.225 e. The van der Waals surface area contributed by atoms with Gasteiger partial charge in [0, 0.05) is 37.6 Å². The van der Waals surface area contributed by atoms with Crippen molar-refractivity contribution in [2.75, 3.05) is 24.6 Å². The first kappa shape index (κ1) is 20.3. The quantitative estimate of drug-likeness (QED) is 0.505. The summed E-state index contributed by atoms with van der Waals surface area (Å²) < 4.78 is 7.81. The van der Waals surface area contributed by atoms with Crippen LogP contribution in [-0.4, -0.2) is 40.0 Å². The predicted octanol–water partition coefficient (Wildman–Crippen LogP) is 3.81. The highest BCUT2D eigenvalue weighted by molar-refractivity contribution is 5.84. The molecule has 1 aliphatic rings. The topological polar surface area (TPSA) is 71.8 Å². The molecule has 1 amide bonds. The lowest BCUT2D eigenvalue weighted by Crippen LogP contribution is -2.43. The number of anilines is 1. The minimum absolute atomic E-state index is 0.0753. The molecule has 164 valence electrons. The van der Waals surface area contributed by atoms with E-state index in [1.807, 2.05) is 55.6 Å². The molecule has 32 heavy (non-hydrogen) atoms. The summed E-state index contributed by atoms with van der Waals surface area (Å²) in [5.74, 6) is 1.70. The number of fused-ring (bicyclic) bond motifs is 3. The molecule has 7 heteroatoms. The predicted molar refractivity (Wildman–Crippen MR) is 125 cm³/mol. The molecule has 7 nitrogen and oxygen atoms in total. The smallest absolute Gasteiger partial charge is 0.225 e. The molecule has 3 aromatic heterocycles. The fourth-order valence-corrected chi connectivity index (χ4v) is 4.48. The zero-order chi connectivity index (χ0) is 21.9. The Morgan fingerprint density at radius 1 is 1.16 bits per heavy atom. The van der Waals surface area contributed by atoms with E-state index in [0.717, 1.165) is 47.6 Å². The van der Waals surface area contributed by atoms with Gasteiger partial charge in [-0.15, -0.1) is 0 Å². The second-order valence-corrected chi connectivity index (χ2v) is 8.09. The second-order valence-electron chi connectivity index (χ2n) is 8.09. The van der Waals surface area contributed by atoms with Crippen molar-refractivity contribution in [3.8, 4) is 5.75 Å². The number of nitrogens with one attached hydrogen (secondary N) is 1. The number of hydrogen-bond donors (Lipinski definition) is 1. The van der Waals surface area contributed by atoms with Crippen LogP contribution in [0, 0.1) is 5.92 Å². The lowest BCUT2D eigenvalue weighted by atomic mass is 9.97. The Balaban J connectivity index is 1.34. The first-order chi connectivity index (χ1) is 15.7. The number of carbonyl (C=O) groups is 1. The molecule has 1 aliphatic heterocycles. The van der Waals surface area contributed by atoms with Gasteiger partial charge in [-0.05, 0) is 50.1 Å². The summed E-state index contributed by atoms with van der Waals surface area (Å²) in [5, 5.41) is 3.12. The highest BCUT2D eigenvalue weighted by atomic mass is 16.5. The van der Waals surface area contributed by atoms with Gasteiger partial charge < -0.3 is 19.4 Å². The van der Waals surface area contributed by atoms with E-state index in [-0.39, 0.29) is 11.8 Å². The van der Waals surface area contributed by atoms with Crippen LogP contribution in [0.1, 0.15) is 25.3 Å². The molecular formula is C25H27N5O2. The number of para-hydroxylation sites is 1. The molecule has 0 saturated carbocycles. The number of benzene rings is 1. The van der Waals surface area contributed by atoms with Gasteiger partial charge in [0.15, 0.2) is 11.5 Å². The fourth-order valence-electron chi connectivity index (χ4n) is 4.48. The molecule has 0 radical (unpaired) electrons. The van der Waals surface area contributed by atoms with Crippen LogP contribution in [0.15, 0.2) is 60.9 Å². The molecule has 1 aromatic carbocycles. The van der Waals surface area contributed by atoms with Crippen molar-refractivity contribution in [2.45, 2.75) is 26.3 Å². The Morgan fingerprint density at radius 2 is 2.03 bits per heavy atom. The molecule has 0 aliphatic carbocycles. The molecule has 1 saturated heterocycles. The number of hydrogen-bond acceptors (Lipinski definition) is 5. The highest BCUT2D eigenvalue weighted by Crippen LogP contribution is 2.28. The average molecular weight is 430 g/mol. The van der Waals surface area contributed by atoms with Gasteiger partial charge in [-0.1, -0.05) is 18.2 Å². The zero-order valence-electron chi connectivity index (χ0n) is 18.2. The Morgan fingerprint density at radius 3 is 2.94 bits per heavy atom. The minimum atomic E-state index is -0.0840. The largest absolute Gasteiger partial charge is 0.494 e. The summed E-state index contributed by atoms with van der Waals surface area (Å²) in [5.41, 5.74) is 3.73. The van der Waals surface area contributed by atoms with E-state index >= 15 is 0 Å². The van der Waals surface area contributed by atoms with E-state index in [4.69, 9.17) is 9.72 Å². The van der Waals surface area contributed by atoms with Crippen LogP contribution < -0.4 is 15.0 Å². The first-order valence-corrected chi connectivity index (χ1v) is 11.2. The normalized spacial score (nSPS) is 16.4. The van der Waals surface area contributed by atoms with Crippen LogP contribution in [0.2, 0.25) is 0 Å². The summed E-state index contributed by atoms with van der Waals surface area (Å²) >= 11 is 0. The summed E-state index contributed by atoms with van der Waals surface area (Å²) in [6.45, 7) is 4.55. The molecule has 4 aromatic rings. The van der Waals surface area contributed by atoms with E-state index in [9.17, 15) is 4.79 Å². The van der Waals surface area contributed by atoms with Crippen molar-refractivity contribution in [1.82, 2.24) is 19.7 Å². The van der Waals surface area contributed by atoms with Crippen molar-refractivity contribution in [3.05, 3.63) is 66.5 Å². The summed E-state index contributed by atoms with van der Waals surface area (Å²) in [4.78, 5) is 24.6. The van der Waals surface area contributed by atoms with Crippen LogP contribution in [0.3, 0.4) is 0 Å². The van der Waals surface area contributed by atoms with Gasteiger partial charge in [0.05, 0.1) is 23.6 Å². The van der Waals surface area contributed by atoms with Crippen molar-refractivity contribution in [1.29, 1.82) is 0 Å². The maximum absolute atomic E-state index is 13.0. The first-order valence-electron chi connectivity index (χ1n) is 11.2. The fraction of sp³-hybridized carbons (Fsp3) is 0.320. The van der Waals surface area contributed by atoms with E-state index in [1.54, 1.807) is 6.20 Å². The Kier molecular flexibility index (Phi) is 5.62. The molecule has 1 N–H and O–H groups in total. The molecule has 0 spiro atoms. The third kappa shape index (κ3) is 3.86. The average Bonchev–Trinajstić information content (AvgIpc) is 3.33. The lowest BCUT2D eigenvalue weighted by molar-refractivity contribution is -0.125. The van der Waals surface area contributed by atoms with Gasteiger partial charge in [-0.3, -0.25) is 4.79 Å². The molecule has 1 atom stereocenters. The second kappa shape index (κ2) is 8.86. The zero-order valence-corrected chi connectivity index (χ0v) is 18.2. The van der Waals surface area contributed by atoms with Gasteiger partial charge >= 0.3 is 0 Å². The Hall–Kier alpha value is -3.61. The number of rotatable bonds is 6. The molecule has 0 unspecified atom stereocenters. The monoisotopic (exact) mass is 429 g/mol.